The van der Waals surface area contributed by atoms with E-state index in [0.717, 1.165) is 18.2 Å². The Bertz CT molecular complexity index is 1420. The normalized spacial score (nSPS) is 18.2. The number of hydrogen-bond acceptors (Lipinski definition) is 5. The average molecular weight is 550 g/mol. The maximum absolute atomic E-state index is 13.1. The van der Waals surface area contributed by atoms with Gasteiger partial charge in [0, 0.05) is 22.3 Å². The SMILES string of the molecule is O=C1C(=Cc2ccc(-c3ccc(Cl)cc3Cl)o2)SC(S(=O)(=O)O)N1c1cccc(C(F)(F)F)c1. The Morgan fingerprint density at radius 1 is 1.09 bits per heavy atom. The van der Waals surface area contributed by atoms with Crippen LogP contribution in [0, 0.1) is 0 Å². The predicted molar refractivity (Wildman–Crippen MR) is 124 cm³/mol. The van der Waals surface area contributed by atoms with E-state index in [9.17, 15) is 30.9 Å². The van der Waals surface area contributed by atoms with Gasteiger partial charge in [-0.1, -0.05) is 41.0 Å². The number of halogens is 5. The number of hydrogen-bond donors (Lipinski definition) is 1. The second-order valence-corrected chi connectivity index (χ2v) is 10.7. The molecule has 1 amide bonds. The molecule has 3 aromatic rings. The first-order chi connectivity index (χ1) is 15.8. The van der Waals surface area contributed by atoms with Gasteiger partial charge in [0.05, 0.1) is 15.5 Å². The van der Waals surface area contributed by atoms with Gasteiger partial charge >= 0.3 is 6.18 Å². The third-order valence-corrected chi connectivity index (χ3v) is 7.92. The molecule has 2 aromatic carbocycles. The van der Waals surface area contributed by atoms with Crippen LogP contribution in [-0.4, -0.2) is 23.6 Å². The molecule has 6 nitrogen and oxygen atoms in total. The number of carbonyl (C=O) groups excluding carboxylic acids is 1. The molecule has 4 rings (SSSR count). The van der Waals surface area contributed by atoms with E-state index in [1.807, 2.05) is 0 Å². The minimum Gasteiger partial charge on any atom is -0.457 e. The summed E-state index contributed by atoms with van der Waals surface area (Å²) in [5, 5.41) is 0.732. The van der Waals surface area contributed by atoms with Crippen molar-refractivity contribution >= 4 is 62.8 Å². The van der Waals surface area contributed by atoms with E-state index < -0.39 is 32.5 Å². The van der Waals surface area contributed by atoms with Crippen molar-refractivity contribution in [2.75, 3.05) is 4.90 Å². The van der Waals surface area contributed by atoms with Gasteiger partial charge in [0.25, 0.3) is 16.0 Å². The summed E-state index contributed by atoms with van der Waals surface area (Å²) in [5.41, 5.74) is -0.904. The monoisotopic (exact) mass is 549 g/mol. The fraction of sp³-hybridized carbons (Fsp3) is 0.0952. The molecule has 0 saturated carbocycles. The molecule has 2 heterocycles. The van der Waals surface area contributed by atoms with Crippen molar-refractivity contribution in [2.45, 2.75) is 10.9 Å². The Balaban J connectivity index is 1.71. The van der Waals surface area contributed by atoms with Crippen LogP contribution in [0.25, 0.3) is 17.4 Å². The summed E-state index contributed by atoms with van der Waals surface area (Å²) in [6.45, 7) is 0. The Hall–Kier alpha value is -2.44. The van der Waals surface area contributed by atoms with Gasteiger partial charge in [-0.15, -0.1) is 0 Å². The molecule has 1 saturated heterocycles. The topological polar surface area (TPSA) is 87.8 Å². The molecule has 13 heteroatoms. The summed E-state index contributed by atoms with van der Waals surface area (Å²) >= 11 is 12.5. The smallest absolute Gasteiger partial charge is 0.416 e. The molecule has 0 spiro atoms. The fourth-order valence-electron chi connectivity index (χ4n) is 3.18. The molecular weight excluding hydrogens is 538 g/mol. The molecule has 1 N–H and O–H groups in total. The lowest BCUT2D eigenvalue weighted by molar-refractivity contribution is -0.137. The molecule has 178 valence electrons. The van der Waals surface area contributed by atoms with E-state index in [1.54, 1.807) is 18.2 Å². The van der Waals surface area contributed by atoms with Gasteiger partial charge in [-0.3, -0.25) is 14.2 Å². The van der Waals surface area contributed by atoms with Gasteiger partial charge in [-0.05, 0) is 48.5 Å². The van der Waals surface area contributed by atoms with E-state index >= 15 is 0 Å². The van der Waals surface area contributed by atoms with Crippen molar-refractivity contribution < 1.29 is 35.4 Å². The van der Waals surface area contributed by atoms with Crippen molar-refractivity contribution in [3.63, 3.8) is 0 Å². The van der Waals surface area contributed by atoms with E-state index in [1.165, 1.54) is 18.2 Å². The summed E-state index contributed by atoms with van der Waals surface area (Å²) in [4.78, 5) is 13.4. The van der Waals surface area contributed by atoms with Gasteiger partial charge < -0.3 is 4.42 Å². The number of furan rings is 1. The Labute approximate surface area is 205 Å². The highest BCUT2D eigenvalue weighted by atomic mass is 35.5. The van der Waals surface area contributed by atoms with Crippen molar-refractivity contribution in [1.82, 2.24) is 0 Å². The van der Waals surface area contributed by atoms with Crippen LogP contribution in [0.4, 0.5) is 18.9 Å². The quantitative estimate of drug-likeness (QED) is 0.292. The molecule has 0 bridgehead atoms. The highest BCUT2D eigenvalue weighted by Gasteiger charge is 2.45. The number of nitrogens with zero attached hydrogens (tertiary/aromatic N) is 1. The number of amides is 1. The van der Waals surface area contributed by atoms with E-state index in [0.29, 0.717) is 44.1 Å². The summed E-state index contributed by atoms with van der Waals surface area (Å²) in [7, 11) is -4.87. The van der Waals surface area contributed by atoms with Crippen LogP contribution in [0.2, 0.25) is 10.0 Å². The van der Waals surface area contributed by atoms with Crippen LogP contribution >= 0.6 is 35.0 Å². The van der Waals surface area contributed by atoms with Crippen LogP contribution in [0.15, 0.2) is 63.9 Å². The fourth-order valence-corrected chi connectivity index (χ4v) is 5.89. The maximum atomic E-state index is 13.1. The van der Waals surface area contributed by atoms with E-state index in [-0.39, 0.29) is 16.4 Å². The largest absolute Gasteiger partial charge is 0.457 e. The first kappa shape index (κ1) is 24.7. The van der Waals surface area contributed by atoms with Crippen LogP contribution in [-0.2, 0) is 21.1 Å². The molecule has 1 fully saturated rings. The zero-order valence-corrected chi connectivity index (χ0v) is 19.7. The Kier molecular flexibility index (Phi) is 6.51. The number of anilines is 1. The standard InChI is InChI=1S/C21H12Cl2F3NO5S2/c22-12-4-6-15(16(23)9-12)17-7-5-14(32-17)10-18-19(28)27(20(33-18)34(29,30)31)13-3-1-2-11(8-13)21(24,25)26/h1-10,20H,(H,29,30,31). The molecule has 0 radical (unpaired) electrons. The lowest BCUT2D eigenvalue weighted by atomic mass is 10.2. The van der Waals surface area contributed by atoms with Crippen LogP contribution < -0.4 is 4.90 Å². The van der Waals surface area contributed by atoms with E-state index in [4.69, 9.17) is 27.6 Å². The maximum Gasteiger partial charge on any atom is 0.416 e. The first-order valence-corrected chi connectivity index (χ1v) is 12.4. The van der Waals surface area contributed by atoms with Crippen molar-refractivity contribution in [2.24, 2.45) is 0 Å². The predicted octanol–water partition coefficient (Wildman–Crippen LogP) is 6.56. The number of carbonyl (C=O) groups is 1. The molecule has 34 heavy (non-hydrogen) atoms. The van der Waals surface area contributed by atoms with Gasteiger partial charge in [0.1, 0.15) is 11.5 Å². The summed E-state index contributed by atoms with van der Waals surface area (Å²) < 4.78 is 76.7. The molecule has 1 aliphatic heterocycles. The van der Waals surface area contributed by atoms with Gasteiger partial charge in [0.2, 0.25) is 4.71 Å². The molecule has 1 aromatic heterocycles. The third kappa shape index (κ3) is 4.98. The molecular formula is C21H12Cl2F3NO5S2. The number of rotatable bonds is 4. The lowest BCUT2D eigenvalue weighted by Gasteiger charge is -2.21. The first-order valence-electron chi connectivity index (χ1n) is 9.25. The summed E-state index contributed by atoms with van der Waals surface area (Å²) in [6.07, 6.45) is -3.49. The Morgan fingerprint density at radius 3 is 2.47 bits per heavy atom. The summed E-state index contributed by atoms with van der Waals surface area (Å²) in [6, 6.07) is 11.4. The number of thioether (sulfide) groups is 1. The molecule has 1 atom stereocenters. The van der Waals surface area contributed by atoms with Gasteiger partial charge in [-0.2, -0.15) is 21.6 Å². The van der Waals surface area contributed by atoms with Crippen molar-refractivity contribution in [3.05, 3.63) is 80.9 Å². The minimum atomic E-state index is -4.87. The van der Waals surface area contributed by atoms with Gasteiger partial charge in [0.15, 0.2) is 0 Å². The number of alkyl halides is 3. The summed E-state index contributed by atoms with van der Waals surface area (Å²) in [5.74, 6) is -0.434. The van der Waals surface area contributed by atoms with E-state index in [2.05, 4.69) is 0 Å². The number of benzene rings is 2. The highest BCUT2D eigenvalue weighted by molar-refractivity contribution is 8.15. The van der Waals surface area contributed by atoms with Crippen LogP contribution in [0.3, 0.4) is 0 Å². The highest BCUT2D eigenvalue weighted by Crippen LogP contribution is 2.43. The van der Waals surface area contributed by atoms with Crippen LogP contribution in [0.1, 0.15) is 11.3 Å². The molecule has 1 aliphatic rings. The molecule has 0 aliphatic carbocycles. The second-order valence-electron chi connectivity index (χ2n) is 7.00. The minimum absolute atomic E-state index is 0.150. The van der Waals surface area contributed by atoms with Crippen LogP contribution in [0.5, 0.6) is 0 Å². The third-order valence-electron chi connectivity index (χ3n) is 4.67. The van der Waals surface area contributed by atoms with Crippen molar-refractivity contribution in [3.8, 4) is 11.3 Å². The second kappa shape index (κ2) is 8.97. The zero-order valence-electron chi connectivity index (χ0n) is 16.6. The zero-order chi connectivity index (χ0) is 24.8. The lowest BCUT2D eigenvalue weighted by Crippen LogP contribution is -2.37. The average Bonchev–Trinajstić information content (AvgIpc) is 3.32. The Morgan fingerprint density at radius 2 is 1.82 bits per heavy atom. The van der Waals surface area contributed by atoms with Gasteiger partial charge in [-0.25, -0.2) is 0 Å². The molecule has 1 unspecified atom stereocenters. The van der Waals surface area contributed by atoms with Crippen molar-refractivity contribution in [1.29, 1.82) is 0 Å².